The van der Waals surface area contributed by atoms with Crippen LogP contribution in [-0.4, -0.2) is 33.9 Å². The van der Waals surface area contributed by atoms with Crippen molar-refractivity contribution >= 4 is 5.97 Å². The number of aryl methyl sites for hydroxylation is 1. The number of rotatable bonds is 4. The maximum atomic E-state index is 12.5. The van der Waals surface area contributed by atoms with Gasteiger partial charge in [0.05, 0.1) is 12.8 Å². The average molecular weight is 315 g/mol. The molecule has 1 fully saturated rings. The molecule has 0 N–H and O–H groups in total. The molecule has 0 spiro atoms. The molecule has 1 aliphatic carbocycles. The Morgan fingerprint density at radius 2 is 1.87 bits per heavy atom. The zero-order valence-electron chi connectivity index (χ0n) is 13.5. The summed E-state index contributed by atoms with van der Waals surface area (Å²) in [6.45, 7) is 1.76. The Kier molecular flexibility index (Phi) is 4.60. The number of carbonyl (C=O) groups excluding carboxylic acids is 1. The Hall–Kier alpha value is -2.37. The minimum atomic E-state index is -0.409. The molecule has 0 bridgehead atoms. The summed E-state index contributed by atoms with van der Waals surface area (Å²) in [5, 5.41) is 4.31. The average Bonchev–Trinajstić information content (AvgIpc) is 2.98. The standard InChI is InChI=1S/C17H21N3O3/c1-12-18-16(17(21)23-15-6-4-3-5-7-15)20(19-12)13-8-10-14(22-2)11-9-13/h8-11,15H,3-7H2,1-2H3. The van der Waals surface area contributed by atoms with Crippen molar-refractivity contribution in [2.75, 3.05) is 7.11 Å². The molecule has 0 saturated heterocycles. The molecule has 0 radical (unpaired) electrons. The van der Waals surface area contributed by atoms with E-state index in [0.717, 1.165) is 37.1 Å². The third-order valence-corrected chi connectivity index (χ3v) is 4.04. The number of aromatic nitrogens is 3. The smallest absolute Gasteiger partial charge is 0.376 e. The van der Waals surface area contributed by atoms with Crippen molar-refractivity contribution < 1.29 is 14.3 Å². The van der Waals surface area contributed by atoms with Crippen LogP contribution in [-0.2, 0) is 4.74 Å². The Balaban J connectivity index is 1.82. The predicted molar refractivity (Wildman–Crippen MR) is 84.9 cm³/mol. The van der Waals surface area contributed by atoms with Crippen LogP contribution in [0.15, 0.2) is 24.3 Å². The SMILES string of the molecule is COc1ccc(-n2nc(C)nc2C(=O)OC2CCCCC2)cc1. The van der Waals surface area contributed by atoms with Crippen LogP contribution in [0.1, 0.15) is 48.5 Å². The molecule has 0 amide bonds. The van der Waals surface area contributed by atoms with Gasteiger partial charge in [-0.05, 0) is 56.9 Å². The van der Waals surface area contributed by atoms with Gasteiger partial charge in [0.1, 0.15) is 17.7 Å². The summed E-state index contributed by atoms with van der Waals surface area (Å²) >= 11 is 0. The lowest BCUT2D eigenvalue weighted by Crippen LogP contribution is -2.23. The second kappa shape index (κ2) is 6.81. The van der Waals surface area contributed by atoms with Crippen molar-refractivity contribution in [3.05, 3.63) is 35.9 Å². The summed E-state index contributed by atoms with van der Waals surface area (Å²) in [5.41, 5.74) is 0.752. The van der Waals surface area contributed by atoms with Crippen LogP contribution in [0, 0.1) is 6.92 Å². The van der Waals surface area contributed by atoms with Crippen LogP contribution in [0.4, 0.5) is 0 Å². The quantitative estimate of drug-likeness (QED) is 0.811. The van der Waals surface area contributed by atoms with E-state index in [9.17, 15) is 4.79 Å². The zero-order chi connectivity index (χ0) is 16.2. The lowest BCUT2D eigenvalue weighted by Gasteiger charge is -2.21. The van der Waals surface area contributed by atoms with Gasteiger partial charge in [-0.25, -0.2) is 14.5 Å². The molecule has 1 aliphatic rings. The van der Waals surface area contributed by atoms with E-state index >= 15 is 0 Å². The molecule has 3 rings (SSSR count). The van der Waals surface area contributed by atoms with Crippen molar-refractivity contribution in [1.29, 1.82) is 0 Å². The molecule has 1 heterocycles. The summed E-state index contributed by atoms with van der Waals surface area (Å²) < 4.78 is 12.3. The maximum absolute atomic E-state index is 12.5. The van der Waals surface area contributed by atoms with E-state index < -0.39 is 5.97 Å². The van der Waals surface area contributed by atoms with Crippen molar-refractivity contribution in [1.82, 2.24) is 14.8 Å². The van der Waals surface area contributed by atoms with E-state index in [0.29, 0.717) is 5.82 Å². The van der Waals surface area contributed by atoms with Crippen LogP contribution in [0.5, 0.6) is 5.75 Å². The number of carbonyl (C=O) groups is 1. The van der Waals surface area contributed by atoms with Gasteiger partial charge in [0, 0.05) is 0 Å². The van der Waals surface area contributed by atoms with Gasteiger partial charge >= 0.3 is 5.97 Å². The van der Waals surface area contributed by atoms with Gasteiger partial charge in [-0.3, -0.25) is 0 Å². The number of methoxy groups -OCH3 is 1. The van der Waals surface area contributed by atoms with E-state index in [1.807, 2.05) is 24.3 Å². The first-order valence-corrected chi connectivity index (χ1v) is 7.96. The van der Waals surface area contributed by atoms with Crippen LogP contribution in [0.25, 0.3) is 5.69 Å². The largest absolute Gasteiger partial charge is 0.497 e. The highest BCUT2D eigenvalue weighted by molar-refractivity contribution is 5.86. The molecule has 1 saturated carbocycles. The van der Waals surface area contributed by atoms with Crippen molar-refractivity contribution in [3.8, 4) is 11.4 Å². The Morgan fingerprint density at radius 3 is 2.52 bits per heavy atom. The number of hydrogen-bond acceptors (Lipinski definition) is 5. The molecule has 0 aliphatic heterocycles. The third kappa shape index (κ3) is 3.52. The molecule has 122 valence electrons. The number of ether oxygens (including phenoxy) is 2. The lowest BCUT2D eigenvalue weighted by atomic mass is 9.98. The van der Waals surface area contributed by atoms with Crippen molar-refractivity contribution in [3.63, 3.8) is 0 Å². The fourth-order valence-corrected chi connectivity index (χ4v) is 2.84. The Morgan fingerprint density at radius 1 is 1.17 bits per heavy atom. The highest BCUT2D eigenvalue weighted by Gasteiger charge is 2.24. The highest BCUT2D eigenvalue weighted by atomic mass is 16.5. The summed E-state index contributed by atoms with van der Waals surface area (Å²) in [5.74, 6) is 1.10. The molecule has 0 unspecified atom stereocenters. The lowest BCUT2D eigenvalue weighted by molar-refractivity contribution is 0.0194. The van der Waals surface area contributed by atoms with Gasteiger partial charge in [0.15, 0.2) is 0 Å². The first-order chi connectivity index (χ1) is 11.2. The third-order valence-electron chi connectivity index (χ3n) is 4.04. The van der Waals surface area contributed by atoms with E-state index in [-0.39, 0.29) is 11.9 Å². The number of nitrogens with zero attached hydrogens (tertiary/aromatic N) is 3. The number of esters is 1. The summed E-state index contributed by atoms with van der Waals surface area (Å²) in [6, 6.07) is 7.32. The van der Waals surface area contributed by atoms with Crippen LogP contribution in [0.3, 0.4) is 0 Å². The highest BCUT2D eigenvalue weighted by Crippen LogP contribution is 2.22. The summed E-state index contributed by atoms with van der Waals surface area (Å²) in [7, 11) is 1.61. The molecule has 1 aromatic heterocycles. The molecule has 0 atom stereocenters. The Bertz CT molecular complexity index is 673. The summed E-state index contributed by atoms with van der Waals surface area (Å²) in [6.07, 6.45) is 5.31. The van der Waals surface area contributed by atoms with Gasteiger partial charge in [-0.2, -0.15) is 5.10 Å². The predicted octanol–water partition coefficient (Wildman–Crippen LogP) is 3.07. The molecule has 1 aromatic carbocycles. The van der Waals surface area contributed by atoms with Gasteiger partial charge < -0.3 is 9.47 Å². The first kappa shape index (κ1) is 15.5. The Labute approximate surface area is 135 Å². The van der Waals surface area contributed by atoms with Crippen LogP contribution in [0.2, 0.25) is 0 Å². The second-order valence-electron chi connectivity index (χ2n) is 5.76. The molecule has 2 aromatic rings. The number of hydrogen-bond donors (Lipinski definition) is 0. The monoisotopic (exact) mass is 315 g/mol. The van der Waals surface area contributed by atoms with Crippen molar-refractivity contribution in [2.24, 2.45) is 0 Å². The minimum absolute atomic E-state index is 0.00225. The normalized spacial score (nSPS) is 15.4. The molecule has 6 nitrogen and oxygen atoms in total. The number of benzene rings is 1. The fourth-order valence-electron chi connectivity index (χ4n) is 2.84. The van der Waals surface area contributed by atoms with E-state index in [2.05, 4.69) is 10.1 Å². The van der Waals surface area contributed by atoms with E-state index in [1.54, 1.807) is 14.0 Å². The fraction of sp³-hybridized carbons (Fsp3) is 0.471. The van der Waals surface area contributed by atoms with Gasteiger partial charge in [0.25, 0.3) is 0 Å². The minimum Gasteiger partial charge on any atom is -0.497 e. The first-order valence-electron chi connectivity index (χ1n) is 7.96. The molecule has 6 heteroatoms. The van der Waals surface area contributed by atoms with Gasteiger partial charge in [-0.1, -0.05) is 6.42 Å². The van der Waals surface area contributed by atoms with E-state index in [1.165, 1.54) is 11.1 Å². The van der Waals surface area contributed by atoms with Crippen LogP contribution >= 0.6 is 0 Å². The molecule has 23 heavy (non-hydrogen) atoms. The molecular formula is C17H21N3O3. The topological polar surface area (TPSA) is 66.2 Å². The molecular weight excluding hydrogens is 294 g/mol. The second-order valence-corrected chi connectivity index (χ2v) is 5.76. The van der Waals surface area contributed by atoms with Crippen LogP contribution < -0.4 is 4.74 Å². The summed E-state index contributed by atoms with van der Waals surface area (Å²) in [4.78, 5) is 16.7. The van der Waals surface area contributed by atoms with Crippen molar-refractivity contribution in [2.45, 2.75) is 45.1 Å². The van der Waals surface area contributed by atoms with E-state index in [4.69, 9.17) is 9.47 Å². The van der Waals surface area contributed by atoms with Gasteiger partial charge in [0.2, 0.25) is 5.82 Å². The maximum Gasteiger partial charge on any atom is 0.376 e. The zero-order valence-corrected chi connectivity index (χ0v) is 13.5. The van der Waals surface area contributed by atoms with Gasteiger partial charge in [-0.15, -0.1) is 0 Å².